The van der Waals surface area contributed by atoms with E-state index >= 15 is 0 Å². The summed E-state index contributed by atoms with van der Waals surface area (Å²) >= 11 is 0. The molecule has 4 heteroatoms. The first kappa shape index (κ1) is 12.8. The van der Waals surface area contributed by atoms with E-state index in [1.807, 2.05) is 38.2 Å². The number of nitrogens with one attached hydrogen (secondary N) is 1. The van der Waals surface area contributed by atoms with E-state index in [-0.39, 0.29) is 11.6 Å². The number of rotatable bonds is 4. The molecular weight excluding hydrogens is 226 g/mol. The van der Waals surface area contributed by atoms with Gasteiger partial charge in [-0.1, -0.05) is 19.1 Å². The minimum absolute atomic E-state index is 0.0551. The fraction of sp³-hybridized carbons (Fsp3) is 0.429. The molecule has 1 N–H and O–H groups in total. The van der Waals surface area contributed by atoms with Crippen molar-refractivity contribution in [1.29, 1.82) is 0 Å². The molecule has 1 aromatic heterocycles. The third kappa shape index (κ3) is 2.16. The summed E-state index contributed by atoms with van der Waals surface area (Å²) in [4.78, 5) is 17.1. The highest BCUT2D eigenvalue weighted by molar-refractivity contribution is 5.77. The maximum Gasteiger partial charge on any atom is 0.261 e. The predicted molar refractivity (Wildman–Crippen MR) is 73.8 cm³/mol. The normalized spacial score (nSPS) is 12.8. The van der Waals surface area contributed by atoms with Crippen LogP contribution in [0.15, 0.2) is 29.1 Å². The van der Waals surface area contributed by atoms with E-state index in [1.54, 1.807) is 4.57 Å². The Hall–Kier alpha value is -1.68. The van der Waals surface area contributed by atoms with Crippen molar-refractivity contribution in [2.45, 2.75) is 32.9 Å². The monoisotopic (exact) mass is 245 g/mol. The SMILES string of the molecule is CCCn1c([C@@H](C)NC)nc2ccccc2c1=O. The van der Waals surface area contributed by atoms with Gasteiger partial charge in [-0.05, 0) is 32.5 Å². The Kier molecular flexibility index (Phi) is 3.77. The third-order valence-electron chi connectivity index (χ3n) is 3.16. The molecule has 96 valence electrons. The van der Waals surface area contributed by atoms with Crippen LogP contribution >= 0.6 is 0 Å². The molecule has 0 aliphatic rings. The number of fused-ring (bicyclic) bond motifs is 1. The van der Waals surface area contributed by atoms with Crippen molar-refractivity contribution in [2.75, 3.05) is 7.05 Å². The van der Waals surface area contributed by atoms with Gasteiger partial charge in [-0.25, -0.2) is 4.98 Å². The largest absolute Gasteiger partial charge is 0.311 e. The molecular formula is C14H19N3O. The molecule has 0 amide bonds. The minimum atomic E-state index is 0.0551. The van der Waals surface area contributed by atoms with Crippen molar-refractivity contribution in [3.63, 3.8) is 0 Å². The predicted octanol–water partition coefficient (Wildman–Crippen LogP) is 2.09. The van der Waals surface area contributed by atoms with Crippen LogP contribution in [0.1, 0.15) is 32.1 Å². The van der Waals surface area contributed by atoms with Crippen LogP contribution in [0.3, 0.4) is 0 Å². The van der Waals surface area contributed by atoms with Crippen LogP contribution in [0.2, 0.25) is 0 Å². The maximum atomic E-state index is 12.5. The van der Waals surface area contributed by atoms with Crippen LogP contribution in [-0.2, 0) is 6.54 Å². The molecule has 2 rings (SSSR count). The van der Waals surface area contributed by atoms with Gasteiger partial charge >= 0.3 is 0 Å². The second-order valence-corrected chi connectivity index (χ2v) is 4.45. The Balaban J connectivity index is 2.74. The molecule has 0 unspecified atom stereocenters. The summed E-state index contributed by atoms with van der Waals surface area (Å²) in [6.07, 6.45) is 0.920. The van der Waals surface area contributed by atoms with E-state index in [9.17, 15) is 4.79 Å². The molecule has 0 radical (unpaired) electrons. The molecule has 0 fully saturated rings. The van der Waals surface area contributed by atoms with E-state index in [4.69, 9.17) is 0 Å². The van der Waals surface area contributed by atoms with Gasteiger partial charge in [0.15, 0.2) is 0 Å². The number of hydrogen-bond acceptors (Lipinski definition) is 3. The fourth-order valence-electron chi connectivity index (χ4n) is 2.08. The van der Waals surface area contributed by atoms with Crippen LogP contribution in [0.4, 0.5) is 0 Å². The summed E-state index contributed by atoms with van der Waals surface area (Å²) in [5.74, 6) is 0.808. The van der Waals surface area contributed by atoms with Gasteiger partial charge in [0.2, 0.25) is 0 Å². The highest BCUT2D eigenvalue weighted by atomic mass is 16.1. The van der Waals surface area contributed by atoms with Gasteiger partial charge < -0.3 is 5.32 Å². The van der Waals surface area contributed by atoms with E-state index in [0.717, 1.165) is 17.8 Å². The van der Waals surface area contributed by atoms with Crippen LogP contribution in [0, 0.1) is 0 Å². The number of aromatic nitrogens is 2. The lowest BCUT2D eigenvalue weighted by Crippen LogP contribution is -2.29. The lowest BCUT2D eigenvalue weighted by atomic mass is 10.2. The van der Waals surface area contributed by atoms with E-state index in [2.05, 4.69) is 17.2 Å². The van der Waals surface area contributed by atoms with Crippen LogP contribution in [0.25, 0.3) is 10.9 Å². The summed E-state index contributed by atoms with van der Waals surface area (Å²) in [5, 5.41) is 3.84. The van der Waals surface area contributed by atoms with Gasteiger partial charge in [0.05, 0.1) is 16.9 Å². The van der Waals surface area contributed by atoms with Crippen LogP contribution in [0.5, 0.6) is 0 Å². The zero-order valence-electron chi connectivity index (χ0n) is 11.1. The second-order valence-electron chi connectivity index (χ2n) is 4.45. The molecule has 0 saturated heterocycles. The molecule has 0 aliphatic heterocycles. The average Bonchev–Trinajstić information content (AvgIpc) is 2.41. The highest BCUT2D eigenvalue weighted by Crippen LogP contribution is 2.13. The lowest BCUT2D eigenvalue weighted by Gasteiger charge is -2.17. The first-order valence-corrected chi connectivity index (χ1v) is 6.35. The van der Waals surface area contributed by atoms with Gasteiger partial charge in [-0.2, -0.15) is 0 Å². The Bertz CT molecular complexity index is 604. The molecule has 0 bridgehead atoms. The van der Waals surface area contributed by atoms with Crippen molar-refractivity contribution in [3.05, 3.63) is 40.4 Å². The smallest absolute Gasteiger partial charge is 0.261 e. The van der Waals surface area contributed by atoms with Crippen LogP contribution < -0.4 is 10.9 Å². The summed E-state index contributed by atoms with van der Waals surface area (Å²) in [5.41, 5.74) is 0.825. The standard InChI is InChI=1S/C14H19N3O/c1-4-9-17-13(10(2)15-3)16-12-8-6-5-7-11(12)14(17)18/h5-8,10,15H,4,9H2,1-3H3/t10-/m1/s1. The van der Waals surface area contributed by atoms with Gasteiger partial charge in [-0.3, -0.25) is 9.36 Å². The Labute approximate surface area is 107 Å². The first-order valence-electron chi connectivity index (χ1n) is 6.35. The van der Waals surface area contributed by atoms with E-state index in [0.29, 0.717) is 11.9 Å². The molecule has 0 spiro atoms. The molecule has 0 aliphatic carbocycles. The van der Waals surface area contributed by atoms with Crippen molar-refractivity contribution in [3.8, 4) is 0 Å². The molecule has 18 heavy (non-hydrogen) atoms. The summed E-state index contributed by atoms with van der Waals surface area (Å²) in [6.45, 7) is 4.79. The van der Waals surface area contributed by atoms with Crippen LogP contribution in [-0.4, -0.2) is 16.6 Å². The lowest BCUT2D eigenvalue weighted by molar-refractivity contribution is 0.526. The average molecular weight is 245 g/mol. The van der Waals surface area contributed by atoms with Crippen molar-refractivity contribution in [2.24, 2.45) is 0 Å². The third-order valence-corrected chi connectivity index (χ3v) is 3.16. The number of hydrogen-bond donors (Lipinski definition) is 1. The Morgan fingerprint density at radius 2 is 2.11 bits per heavy atom. The zero-order chi connectivity index (χ0) is 13.1. The molecule has 1 aromatic carbocycles. The zero-order valence-corrected chi connectivity index (χ0v) is 11.1. The van der Waals surface area contributed by atoms with Gasteiger partial charge in [0.25, 0.3) is 5.56 Å². The van der Waals surface area contributed by atoms with Gasteiger partial charge in [0, 0.05) is 6.54 Å². The topological polar surface area (TPSA) is 46.9 Å². The maximum absolute atomic E-state index is 12.5. The summed E-state index contributed by atoms with van der Waals surface area (Å²) in [6, 6.07) is 7.58. The van der Waals surface area contributed by atoms with E-state index < -0.39 is 0 Å². The minimum Gasteiger partial charge on any atom is -0.311 e. The second kappa shape index (κ2) is 5.31. The fourth-order valence-corrected chi connectivity index (χ4v) is 2.08. The van der Waals surface area contributed by atoms with Crippen molar-refractivity contribution < 1.29 is 0 Å². The summed E-state index contributed by atoms with van der Waals surface area (Å²) in [7, 11) is 1.88. The van der Waals surface area contributed by atoms with E-state index in [1.165, 1.54) is 0 Å². The van der Waals surface area contributed by atoms with Crippen molar-refractivity contribution >= 4 is 10.9 Å². The van der Waals surface area contributed by atoms with Gasteiger partial charge in [0.1, 0.15) is 5.82 Å². The Morgan fingerprint density at radius 3 is 2.78 bits per heavy atom. The molecule has 1 atom stereocenters. The van der Waals surface area contributed by atoms with Gasteiger partial charge in [-0.15, -0.1) is 0 Å². The molecule has 4 nitrogen and oxygen atoms in total. The number of benzene rings is 1. The Morgan fingerprint density at radius 1 is 1.39 bits per heavy atom. The highest BCUT2D eigenvalue weighted by Gasteiger charge is 2.14. The number of para-hydroxylation sites is 1. The molecule has 1 heterocycles. The molecule has 0 saturated carbocycles. The molecule has 2 aromatic rings. The first-order chi connectivity index (χ1) is 8.69. The quantitative estimate of drug-likeness (QED) is 0.897. The summed E-state index contributed by atoms with van der Waals surface area (Å²) < 4.78 is 1.78. The van der Waals surface area contributed by atoms with Crippen molar-refractivity contribution in [1.82, 2.24) is 14.9 Å². The number of nitrogens with zero attached hydrogens (tertiary/aromatic N) is 2.